The average Bonchev–Trinajstić information content (AvgIpc) is 2.85. The van der Waals surface area contributed by atoms with Gasteiger partial charge in [0.1, 0.15) is 5.82 Å². The molecule has 0 saturated heterocycles. The molecule has 36 heavy (non-hydrogen) atoms. The molecule has 184 valence electrons. The number of nitrogens with zero attached hydrogens (tertiary/aromatic N) is 2. The summed E-state index contributed by atoms with van der Waals surface area (Å²) in [6.45, 7) is 1.90. The van der Waals surface area contributed by atoms with Gasteiger partial charge in [-0.05, 0) is 18.2 Å². The molecule has 2 aromatic carbocycles. The van der Waals surface area contributed by atoms with Crippen LogP contribution in [0.5, 0.6) is 0 Å². The van der Waals surface area contributed by atoms with Crippen molar-refractivity contribution in [2.75, 3.05) is 11.6 Å². The second-order valence-corrected chi connectivity index (χ2v) is 11.4. The van der Waals surface area contributed by atoms with Gasteiger partial charge in [-0.1, -0.05) is 0 Å². The zero-order valence-electron chi connectivity index (χ0n) is 19.5. The van der Waals surface area contributed by atoms with Gasteiger partial charge in [-0.15, -0.1) is 0 Å². The van der Waals surface area contributed by atoms with Crippen molar-refractivity contribution >= 4 is 49.6 Å². The molecule has 0 bridgehead atoms. The van der Waals surface area contributed by atoms with Crippen molar-refractivity contribution in [3.63, 3.8) is 0 Å². The number of nitrogens with one attached hydrogen (secondary N) is 1. The summed E-state index contributed by atoms with van der Waals surface area (Å²) in [5, 5.41) is 15.4. The van der Waals surface area contributed by atoms with Crippen molar-refractivity contribution in [3.8, 4) is 11.1 Å². The number of hydrogen-bond acceptors (Lipinski definition) is 6. The third-order valence-corrected chi connectivity index (χ3v) is 8.60. The second-order valence-electron chi connectivity index (χ2n) is 8.25. The summed E-state index contributed by atoms with van der Waals surface area (Å²) >= 11 is 1.33. The number of hydrogen-bond donors (Lipinski definition) is 2. The number of carbonyl (C=O) groups excluding carboxylic acids is 1. The molecule has 1 aliphatic carbocycles. The van der Waals surface area contributed by atoms with Crippen LogP contribution >= 0.6 is 0 Å². The molecule has 1 unspecified atom stereocenters. The van der Waals surface area contributed by atoms with E-state index in [1.54, 1.807) is 42.6 Å². The van der Waals surface area contributed by atoms with E-state index in [9.17, 15) is 22.8 Å². The molecular weight excluding hydrogens is 544 g/mol. The summed E-state index contributed by atoms with van der Waals surface area (Å²) in [6.07, 6.45) is 5.01. The van der Waals surface area contributed by atoms with Gasteiger partial charge < -0.3 is 0 Å². The first-order valence-electron chi connectivity index (χ1n) is 10.8. The predicted molar refractivity (Wildman–Crippen MR) is 140 cm³/mol. The van der Waals surface area contributed by atoms with E-state index in [-0.39, 0.29) is 16.4 Å². The van der Waals surface area contributed by atoms with Gasteiger partial charge in [-0.25, -0.2) is 12.8 Å². The van der Waals surface area contributed by atoms with Crippen LogP contribution in [0.1, 0.15) is 29.4 Å². The number of oxime groups is 1. The topological polar surface area (TPSA) is 109 Å². The van der Waals surface area contributed by atoms with Crippen molar-refractivity contribution in [2.45, 2.75) is 18.2 Å². The zero-order valence-corrected chi connectivity index (χ0v) is 22.7. The van der Waals surface area contributed by atoms with Gasteiger partial charge >= 0.3 is 160 Å². The number of allylic oxidation sites excluding steroid dienone is 4. The molecular formula is C26H23AsFN3O4S. The second kappa shape index (κ2) is 10.2. The molecule has 0 spiro atoms. The number of aromatic nitrogens is 1. The van der Waals surface area contributed by atoms with E-state index in [2.05, 4.69) is 15.5 Å². The van der Waals surface area contributed by atoms with Crippen LogP contribution in [0, 0.1) is 5.82 Å². The van der Waals surface area contributed by atoms with Gasteiger partial charge in [-0.3, -0.25) is 0 Å². The van der Waals surface area contributed by atoms with Crippen LogP contribution in [0.15, 0.2) is 86.9 Å². The fourth-order valence-corrected chi connectivity index (χ4v) is 5.56. The Morgan fingerprint density at radius 1 is 1.17 bits per heavy atom. The van der Waals surface area contributed by atoms with Gasteiger partial charge in [-0.2, -0.15) is 0 Å². The first-order valence-corrected chi connectivity index (χ1v) is 14.0. The number of sulfone groups is 1. The van der Waals surface area contributed by atoms with Crippen molar-refractivity contribution < 1.29 is 22.8 Å². The van der Waals surface area contributed by atoms with Gasteiger partial charge in [0.25, 0.3) is 0 Å². The number of halogens is 1. The Kier molecular flexibility index (Phi) is 7.24. The van der Waals surface area contributed by atoms with E-state index in [1.165, 1.54) is 29.0 Å². The first kappa shape index (κ1) is 25.5. The first-order chi connectivity index (χ1) is 17.1. The Bertz CT molecular complexity index is 1560. The summed E-state index contributed by atoms with van der Waals surface area (Å²) in [5.41, 5.74) is 4.42. The van der Waals surface area contributed by atoms with Crippen LogP contribution in [-0.4, -0.2) is 53.3 Å². The van der Waals surface area contributed by atoms with E-state index in [4.69, 9.17) is 0 Å². The quantitative estimate of drug-likeness (QED) is 0.209. The summed E-state index contributed by atoms with van der Waals surface area (Å²) in [4.78, 5) is 17.7. The van der Waals surface area contributed by atoms with Crippen LogP contribution in [-0.2, 0) is 9.84 Å². The number of rotatable bonds is 5. The maximum absolute atomic E-state index is 13.9. The van der Waals surface area contributed by atoms with Crippen LogP contribution in [0.2, 0.25) is 0 Å². The van der Waals surface area contributed by atoms with Crippen LogP contribution in [0.4, 0.5) is 10.1 Å². The third-order valence-electron chi connectivity index (χ3n) is 5.84. The van der Waals surface area contributed by atoms with Crippen molar-refractivity contribution in [2.24, 2.45) is 5.16 Å². The standard InChI is InChI=1S/C26H23AsFN3O4S/c1-15-19(10-11-22(31-33)24(15)27)25-20(4-3-13-29-25)26(32)30-18-8-5-16(6-9-18)21-14-17(28)7-12-23(21)36(2,34)35/h3-10,12-14,33H,11,27H2,1-2H3,(H,30,32). The Balaban J connectivity index is 1.62. The van der Waals surface area contributed by atoms with E-state index >= 15 is 0 Å². The molecule has 1 atom stereocenters. The molecule has 2 N–H and O–H groups in total. The summed E-state index contributed by atoms with van der Waals surface area (Å²) in [6, 6.07) is 13.4. The molecule has 1 aliphatic rings. The monoisotopic (exact) mass is 567 g/mol. The SMILES string of the molecule is CC1=C([AsH2])C(=NO)CC=C1c1ncccc1C(=O)Nc1ccc(-c2cc(F)ccc2S(C)(=O)=O)cc1. The number of benzene rings is 2. The van der Waals surface area contributed by atoms with Crippen LogP contribution < -0.4 is 5.32 Å². The van der Waals surface area contributed by atoms with E-state index in [1.807, 2.05) is 13.0 Å². The molecule has 10 heteroatoms. The van der Waals surface area contributed by atoms with Gasteiger partial charge in [0, 0.05) is 6.26 Å². The van der Waals surface area contributed by atoms with Gasteiger partial charge in [0.05, 0.1) is 4.90 Å². The molecule has 0 aliphatic heterocycles. The Hall–Kier alpha value is -3.55. The molecule has 4 rings (SSSR count). The fourth-order valence-electron chi connectivity index (χ4n) is 3.98. The summed E-state index contributed by atoms with van der Waals surface area (Å²) < 4.78 is 39.0. The molecule has 0 saturated carbocycles. The number of carbonyl (C=O) groups is 1. The third kappa shape index (κ3) is 5.17. The number of pyridine rings is 1. The Morgan fingerprint density at radius 3 is 2.56 bits per heavy atom. The molecule has 7 nitrogen and oxygen atoms in total. The van der Waals surface area contributed by atoms with E-state index in [0.717, 1.165) is 27.8 Å². The number of anilines is 1. The fraction of sp³-hybridized carbons (Fsp3) is 0.115. The summed E-state index contributed by atoms with van der Waals surface area (Å²) in [7, 11) is -3.57. The van der Waals surface area contributed by atoms with Gasteiger partial charge in [0.2, 0.25) is 0 Å². The predicted octanol–water partition coefficient (Wildman–Crippen LogP) is 4.07. The van der Waals surface area contributed by atoms with Crippen LogP contribution in [0.3, 0.4) is 0 Å². The molecule has 3 aromatic rings. The van der Waals surface area contributed by atoms with Crippen molar-refractivity contribution in [1.82, 2.24) is 4.98 Å². The minimum absolute atomic E-state index is 0.0240. The molecule has 0 radical (unpaired) electrons. The van der Waals surface area contributed by atoms with E-state index in [0.29, 0.717) is 34.6 Å². The molecule has 0 fully saturated rings. The average molecular weight is 567 g/mol. The zero-order chi connectivity index (χ0) is 26.0. The van der Waals surface area contributed by atoms with Crippen molar-refractivity contribution in [3.05, 3.63) is 93.9 Å². The normalized spacial score (nSPS) is 15.1. The summed E-state index contributed by atoms with van der Waals surface area (Å²) in [5.74, 6) is -0.916. The van der Waals surface area contributed by atoms with Gasteiger partial charge in [0.15, 0.2) is 9.84 Å². The van der Waals surface area contributed by atoms with Crippen molar-refractivity contribution in [1.29, 1.82) is 0 Å². The molecule has 1 amide bonds. The molecule has 1 aromatic heterocycles. The van der Waals surface area contributed by atoms with E-state index < -0.39 is 15.7 Å². The minimum atomic E-state index is -3.57. The number of amides is 1. The maximum atomic E-state index is 13.9. The van der Waals surface area contributed by atoms with Crippen LogP contribution in [0.25, 0.3) is 16.7 Å². The Labute approximate surface area is 216 Å². The Morgan fingerprint density at radius 2 is 1.89 bits per heavy atom. The molecule has 1 heterocycles.